The SMILES string of the molecule is CCOC(OC)Oc1cc(C#Cc2ccc(C(=O)O)cc2)ccc1C12CC3CC(CC(C3)C1)C2. The molecule has 1 N–H and O–H groups in total. The number of aromatic carboxylic acids is 1. The second-order valence-electron chi connectivity index (χ2n) is 10.1. The number of methoxy groups -OCH3 is 1. The average molecular weight is 461 g/mol. The molecule has 0 amide bonds. The van der Waals surface area contributed by atoms with Crippen LogP contribution in [0.25, 0.3) is 0 Å². The van der Waals surface area contributed by atoms with Crippen molar-refractivity contribution < 1.29 is 24.1 Å². The molecule has 4 bridgehead atoms. The summed E-state index contributed by atoms with van der Waals surface area (Å²) in [6.07, 6.45) is 7.88. The van der Waals surface area contributed by atoms with Crippen LogP contribution < -0.4 is 4.74 Å². The summed E-state index contributed by atoms with van der Waals surface area (Å²) in [5.74, 6) is 8.71. The number of carbonyl (C=O) groups is 1. The van der Waals surface area contributed by atoms with Crippen LogP contribution in [0.5, 0.6) is 5.75 Å². The normalized spacial score (nSPS) is 27.6. The Labute approximate surface area is 201 Å². The van der Waals surface area contributed by atoms with Crippen molar-refractivity contribution in [2.75, 3.05) is 13.7 Å². The zero-order chi connectivity index (χ0) is 23.7. The van der Waals surface area contributed by atoms with Gasteiger partial charge < -0.3 is 19.3 Å². The first kappa shape index (κ1) is 23.0. The molecule has 0 aromatic heterocycles. The number of carboxylic acid groups (broad SMARTS) is 1. The third-order valence-corrected chi connectivity index (χ3v) is 7.79. The third kappa shape index (κ3) is 4.58. The first-order valence-corrected chi connectivity index (χ1v) is 12.3. The lowest BCUT2D eigenvalue weighted by Crippen LogP contribution is -2.48. The summed E-state index contributed by atoms with van der Waals surface area (Å²) >= 11 is 0. The smallest absolute Gasteiger partial charge is 0.335 e. The number of ether oxygens (including phenoxy) is 3. The highest BCUT2D eigenvalue weighted by atomic mass is 16.8. The molecule has 4 aliphatic rings. The Morgan fingerprint density at radius 3 is 2.15 bits per heavy atom. The maximum absolute atomic E-state index is 11.1. The van der Waals surface area contributed by atoms with Crippen LogP contribution in [0.3, 0.4) is 0 Å². The summed E-state index contributed by atoms with van der Waals surface area (Å²) in [6.45, 7) is 1.66. The quantitative estimate of drug-likeness (QED) is 0.431. The zero-order valence-electron chi connectivity index (χ0n) is 19.9. The molecular weight excluding hydrogens is 428 g/mol. The monoisotopic (exact) mass is 460 g/mol. The van der Waals surface area contributed by atoms with Crippen molar-refractivity contribution in [1.82, 2.24) is 0 Å². The number of hydrogen-bond donors (Lipinski definition) is 1. The van der Waals surface area contributed by atoms with Gasteiger partial charge in [-0.25, -0.2) is 4.79 Å². The fourth-order valence-electron chi connectivity index (χ4n) is 6.81. The molecule has 2 aromatic rings. The van der Waals surface area contributed by atoms with Crippen molar-refractivity contribution in [3.8, 4) is 17.6 Å². The maximum Gasteiger partial charge on any atom is 0.335 e. The molecule has 0 heterocycles. The van der Waals surface area contributed by atoms with E-state index in [-0.39, 0.29) is 11.0 Å². The molecular formula is C29H32O5. The van der Waals surface area contributed by atoms with Crippen LogP contribution >= 0.6 is 0 Å². The van der Waals surface area contributed by atoms with Gasteiger partial charge in [0.05, 0.1) is 12.2 Å². The van der Waals surface area contributed by atoms with Crippen molar-refractivity contribution in [2.24, 2.45) is 17.8 Å². The van der Waals surface area contributed by atoms with E-state index in [0.717, 1.165) is 34.6 Å². The lowest BCUT2D eigenvalue weighted by molar-refractivity contribution is -0.231. The number of carboxylic acids is 1. The molecule has 5 nitrogen and oxygen atoms in total. The number of rotatable bonds is 7. The van der Waals surface area contributed by atoms with Gasteiger partial charge in [0, 0.05) is 23.8 Å². The Kier molecular flexibility index (Phi) is 6.38. The van der Waals surface area contributed by atoms with Gasteiger partial charge in [-0.2, -0.15) is 0 Å². The van der Waals surface area contributed by atoms with Crippen molar-refractivity contribution in [3.63, 3.8) is 0 Å². The molecule has 2 aromatic carbocycles. The summed E-state index contributed by atoms with van der Waals surface area (Å²) in [4.78, 5) is 11.1. The topological polar surface area (TPSA) is 65.0 Å². The predicted molar refractivity (Wildman–Crippen MR) is 129 cm³/mol. The summed E-state index contributed by atoms with van der Waals surface area (Å²) in [5, 5.41) is 9.09. The van der Waals surface area contributed by atoms with Gasteiger partial charge in [-0.15, -0.1) is 0 Å². The molecule has 4 saturated carbocycles. The third-order valence-electron chi connectivity index (χ3n) is 7.79. The maximum atomic E-state index is 11.1. The minimum absolute atomic E-state index is 0.174. The van der Waals surface area contributed by atoms with Crippen LogP contribution in [0, 0.1) is 29.6 Å². The van der Waals surface area contributed by atoms with Crippen LogP contribution in [-0.2, 0) is 14.9 Å². The fourth-order valence-corrected chi connectivity index (χ4v) is 6.81. The molecule has 0 aliphatic heterocycles. The highest BCUT2D eigenvalue weighted by Gasteiger charge is 2.52. The fraction of sp³-hybridized carbons (Fsp3) is 0.483. The van der Waals surface area contributed by atoms with Crippen LogP contribution in [0.1, 0.15) is 72.5 Å². The molecule has 178 valence electrons. The number of benzene rings is 2. The zero-order valence-corrected chi connectivity index (χ0v) is 19.9. The standard InChI is InChI=1S/C29H32O5/c1-3-33-28(32-2)34-26-15-20(5-4-19-6-9-24(10-7-19)27(30)31)8-11-25(26)29-16-21-12-22(17-29)14-23(13-21)18-29/h6-11,15,21-23,28H,3,12-14,16-18H2,1-2H3,(H,30,31). The van der Waals surface area contributed by atoms with E-state index < -0.39 is 12.4 Å². The summed E-state index contributed by atoms with van der Waals surface area (Å²) in [5.41, 5.74) is 3.30. The molecule has 0 saturated heterocycles. The van der Waals surface area contributed by atoms with E-state index in [9.17, 15) is 4.79 Å². The Balaban J connectivity index is 1.47. The Bertz CT molecular complexity index is 1070. The van der Waals surface area contributed by atoms with E-state index in [4.69, 9.17) is 19.3 Å². The Morgan fingerprint density at radius 1 is 1.00 bits per heavy atom. The van der Waals surface area contributed by atoms with Crippen molar-refractivity contribution in [3.05, 3.63) is 64.7 Å². The molecule has 4 aliphatic carbocycles. The molecule has 0 spiro atoms. The second kappa shape index (κ2) is 9.44. The highest BCUT2D eigenvalue weighted by Crippen LogP contribution is 2.62. The van der Waals surface area contributed by atoms with Crippen LogP contribution in [0.15, 0.2) is 42.5 Å². The molecule has 4 fully saturated rings. The van der Waals surface area contributed by atoms with E-state index in [1.807, 2.05) is 13.0 Å². The van der Waals surface area contributed by atoms with Crippen LogP contribution in [-0.4, -0.2) is 31.3 Å². The predicted octanol–water partition coefficient (Wildman–Crippen LogP) is 5.60. The highest BCUT2D eigenvalue weighted by molar-refractivity contribution is 5.87. The lowest BCUT2D eigenvalue weighted by atomic mass is 9.48. The molecule has 1 unspecified atom stereocenters. The van der Waals surface area contributed by atoms with Gasteiger partial charge in [0.25, 0.3) is 0 Å². The van der Waals surface area contributed by atoms with Crippen LogP contribution in [0.2, 0.25) is 0 Å². The molecule has 6 rings (SSSR count). The van der Waals surface area contributed by atoms with Crippen molar-refractivity contribution in [2.45, 2.75) is 57.3 Å². The molecule has 34 heavy (non-hydrogen) atoms. The summed E-state index contributed by atoms with van der Waals surface area (Å²) in [7, 11) is 1.59. The van der Waals surface area contributed by atoms with Crippen molar-refractivity contribution in [1.29, 1.82) is 0 Å². The first-order valence-electron chi connectivity index (χ1n) is 12.3. The van der Waals surface area contributed by atoms with Gasteiger partial charge in [-0.3, -0.25) is 0 Å². The van der Waals surface area contributed by atoms with Crippen molar-refractivity contribution >= 4 is 5.97 Å². The Hall–Kier alpha value is -2.81. The van der Waals surface area contributed by atoms with E-state index in [1.54, 1.807) is 31.4 Å². The van der Waals surface area contributed by atoms with Gasteiger partial charge in [0.2, 0.25) is 0 Å². The number of hydrogen-bond acceptors (Lipinski definition) is 4. The van der Waals surface area contributed by atoms with E-state index >= 15 is 0 Å². The van der Waals surface area contributed by atoms with E-state index in [1.165, 1.54) is 44.1 Å². The van der Waals surface area contributed by atoms with E-state index in [2.05, 4.69) is 24.0 Å². The lowest BCUT2D eigenvalue weighted by Gasteiger charge is -2.57. The Morgan fingerprint density at radius 2 is 1.59 bits per heavy atom. The van der Waals surface area contributed by atoms with Gasteiger partial charge in [0.1, 0.15) is 5.75 Å². The van der Waals surface area contributed by atoms with Gasteiger partial charge in [-0.05, 0) is 105 Å². The largest absolute Gasteiger partial charge is 0.478 e. The van der Waals surface area contributed by atoms with E-state index in [0.29, 0.717) is 6.61 Å². The minimum atomic E-state index is -0.941. The second-order valence-corrected chi connectivity index (χ2v) is 10.1. The van der Waals surface area contributed by atoms with Gasteiger partial charge >= 0.3 is 12.4 Å². The average Bonchev–Trinajstić information content (AvgIpc) is 2.82. The summed E-state index contributed by atoms with van der Waals surface area (Å²) in [6, 6.07) is 12.9. The molecule has 0 radical (unpaired) electrons. The molecule has 5 heteroatoms. The minimum Gasteiger partial charge on any atom is -0.478 e. The first-order chi connectivity index (χ1) is 16.5. The van der Waals surface area contributed by atoms with Crippen LogP contribution in [0.4, 0.5) is 0 Å². The molecule has 1 atom stereocenters. The van der Waals surface area contributed by atoms with Gasteiger partial charge in [-0.1, -0.05) is 17.9 Å². The van der Waals surface area contributed by atoms with Gasteiger partial charge in [0.15, 0.2) is 0 Å². The summed E-state index contributed by atoms with van der Waals surface area (Å²) < 4.78 is 17.4.